The number of anilines is 1. The normalized spacial score (nSPS) is 19.1. The minimum atomic E-state index is 0.0577. The fourth-order valence-electron chi connectivity index (χ4n) is 2.35. The number of ether oxygens (including phenoxy) is 2. The summed E-state index contributed by atoms with van der Waals surface area (Å²) in [7, 11) is 0. The summed E-state index contributed by atoms with van der Waals surface area (Å²) in [5, 5.41) is 2.81. The zero-order valence-corrected chi connectivity index (χ0v) is 10.6. The van der Waals surface area contributed by atoms with Crippen molar-refractivity contribution in [1.29, 1.82) is 0 Å². The third-order valence-corrected chi connectivity index (χ3v) is 3.32. The van der Waals surface area contributed by atoms with E-state index in [0.717, 1.165) is 17.9 Å². The van der Waals surface area contributed by atoms with Crippen LogP contribution in [0.4, 0.5) is 5.69 Å². The molecule has 2 heterocycles. The van der Waals surface area contributed by atoms with Crippen molar-refractivity contribution in [3.8, 4) is 11.5 Å². The number of nitrogen functional groups attached to an aromatic ring is 1. The van der Waals surface area contributed by atoms with Crippen LogP contribution in [0.5, 0.6) is 11.5 Å². The molecule has 19 heavy (non-hydrogen) atoms. The van der Waals surface area contributed by atoms with Gasteiger partial charge in [0.25, 0.3) is 0 Å². The van der Waals surface area contributed by atoms with Crippen molar-refractivity contribution in [3.63, 3.8) is 0 Å². The second-order valence-corrected chi connectivity index (χ2v) is 4.76. The van der Waals surface area contributed by atoms with Crippen LogP contribution >= 0.6 is 0 Å². The fourth-order valence-corrected chi connectivity index (χ4v) is 2.35. The first-order valence-corrected chi connectivity index (χ1v) is 6.39. The lowest BCUT2D eigenvalue weighted by atomic mass is 10.1. The summed E-state index contributed by atoms with van der Waals surface area (Å²) in [5.41, 5.74) is 7.68. The lowest BCUT2D eigenvalue weighted by Crippen LogP contribution is -2.47. The van der Waals surface area contributed by atoms with E-state index in [1.807, 2.05) is 6.07 Å². The van der Waals surface area contributed by atoms with Gasteiger partial charge < -0.3 is 20.5 Å². The van der Waals surface area contributed by atoms with E-state index in [-0.39, 0.29) is 5.91 Å². The Labute approximate surface area is 111 Å². The maximum atomic E-state index is 11.4. The molecule has 0 radical (unpaired) electrons. The van der Waals surface area contributed by atoms with Gasteiger partial charge in [0, 0.05) is 31.4 Å². The first-order chi connectivity index (χ1) is 9.22. The Bertz CT molecular complexity index is 504. The van der Waals surface area contributed by atoms with E-state index in [1.165, 1.54) is 0 Å². The number of amides is 1. The SMILES string of the molecule is Nc1cc2c(cc1CN1CCNC(=O)C1)OCCO2. The second-order valence-electron chi connectivity index (χ2n) is 4.76. The maximum Gasteiger partial charge on any atom is 0.234 e. The lowest BCUT2D eigenvalue weighted by Gasteiger charge is -2.27. The van der Waals surface area contributed by atoms with Crippen LogP contribution in [0.15, 0.2) is 12.1 Å². The van der Waals surface area contributed by atoms with Gasteiger partial charge >= 0.3 is 0 Å². The molecule has 0 bridgehead atoms. The Hall–Kier alpha value is -1.95. The van der Waals surface area contributed by atoms with Gasteiger partial charge in [-0.2, -0.15) is 0 Å². The van der Waals surface area contributed by atoms with Crippen molar-refractivity contribution in [3.05, 3.63) is 17.7 Å². The third-order valence-electron chi connectivity index (χ3n) is 3.32. The van der Waals surface area contributed by atoms with Crippen molar-refractivity contribution in [2.24, 2.45) is 0 Å². The van der Waals surface area contributed by atoms with Crippen molar-refractivity contribution in [2.75, 3.05) is 38.6 Å². The number of piperazine rings is 1. The van der Waals surface area contributed by atoms with Crippen LogP contribution in [0.25, 0.3) is 0 Å². The van der Waals surface area contributed by atoms with Crippen LogP contribution in [0, 0.1) is 0 Å². The Morgan fingerprint density at radius 1 is 1.26 bits per heavy atom. The van der Waals surface area contributed by atoms with Crippen molar-refractivity contribution in [2.45, 2.75) is 6.54 Å². The van der Waals surface area contributed by atoms with Gasteiger partial charge in [-0.3, -0.25) is 9.69 Å². The molecular weight excluding hydrogens is 246 g/mol. The van der Waals surface area contributed by atoms with E-state index >= 15 is 0 Å². The van der Waals surface area contributed by atoms with Gasteiger partial charge in [-0.1, -0.05) is 0 Å². The minimum absolute atomic E-state index is 0.0577. The number of fused-ring (bicyclic) bond motifs is 1. The molecule has 0 atom stereocenters. The van der Waals surface area contributed by atoms with E-state index in [1.54, 1.807) is 6.07 Å². The number of benzene rings is 1. The van der Waals surface area contributed by atoms with Gasteiger partial charge in [0.1, 0.15) is 13.2 Å². The topological polar surface area (TPSA) is 76.8 Å². The molecule has 1 aromatic carbocycles. The van der Waals surface area contributed by atoms with Crippen LogP contribution in [0.3, 0.4) is 0 Å². The van der Waals surface area contributed by atoms with Crippen molar-refractivity contribution < 1.29 is 14.3 Å². The molecule has 0 saturated carbocycles. The standard InChI is InChI=1S/C13H17N3O3/c14-10-6-12-11(18-3-4-19-12)5-9(10)7-16-2-1-15-13(17)8-16/h5-6H,1-4,7-8,14H2,(H,15,17). The summed E-state index contributed by atoms with van der Waals surface area (Å²) in [6, 6.07) is 3.71. The zero-order valence-electron chi connectivity index (χ0n) is 10.6. The number of carbonyl (C=O) groups excluding carboxylic acids is 1. The monoisotopic (exact) mass is 263 g/mol. The molecule has 6 nitrogen and oxygen atoms in total. The highest BCUT2D eigenvalue weighted by Gasteiger charge is 2.19. The molecule has 6 heteroatoms. The molecule has 1 aromatic rings. The first kappa shape index (κ1) is 12.1. The molecule has 1 fully saturated rings. The molecular formula is C13H17N3O3. The number of nitrogens with zero attached hydrogens (tertiary/aromatic N) is 1. The van der Waals surface area contributed by atoms with Gasteiger partial charge in [-0.15, -0.1) is 0 Å². The summed E-state index contributed by atoms with van der Waals surface area (Å²) in [6.07, 6.45) is 0. The van der Waals surface area contributed by atoms with Crippen LogP contribution in [-0.2, 0) is 11.3 Å². The summed E-state index contributed by atoms with van der Waals surface area (Å²) < 4.78 is 11.0. The molecule has 2 aliphatic rings. The Morgan fingerprint density at radius 2 is 2.00 bits per heavy atom. The summed E-state index contributed by atoms with van der Waals surface area (Å²) in [5.74, 6) is 1.49. The highest BCUT2D eigenvalue weighted by Crippen LogP contribution is 2.34. The fraction of sp³-hybridized carbons (Fsp3) is 0.462. The third kappa shape index (κ3) is 2.58. The van der Waals surface area contributed by atoms with Crippen LogP contribution in [0.1, 0.15) is 5.56 Å². The highest BCUT2D eigenvalue weighted by molar-refractivity contribution is 5.78. The van der Waals surface area contributed by atoms with Crippen molar-refractivity contribution in [1.82, 2.24) is 10.2 Å². The van der Waals surface area contributed by atoms with Crippen LogP contribution in [-0.4, -0.2) is 43.7 Å². The Balaban J connectivity index is 1.78. The largest absolute Gasteiger partial charge is 0.486 e. The Kier molecular flexibility index (Phi) is 3.16. The van der Waals surface area contributed by atoms with E-state index in [4.69, 9.17) is 15.2 Å². The molecule has 0 aliphatic carbocycles. The van der Waals surface area contributed by atoms with E-state index in [2.05, 4.69) is 10.2 Å². The van der Waals surface area contributed by atoms with Gasteiger partial charge in [0.15, 0.2) is 11.5 Å². The molecule has 1 saturated heterocycles. The average Bonchev–Trinajstić information content (AvgIpc) is 2.40. The number of nitrogens with two attached hydrogens (primary N) is 1. The number of hydrogen-bond acceptors (Lipinski definition) is 5. The molecule has 3 rings (SSSR count). The van der Waals surface area contributed by atoms with Gasteiger partial charge in [-0.25, -0.2) is 0 Å². The van der Waals surface area contributed by atoms with Crippen LogP contribution in [0.2, 0.25) is 0 Å². The lowest BCUT2D eigenvalue weighted by molar-refractivity contribution is -0.124. The quantitative estimate of drug-likeness (QED) is 0.733. The van der Waals surface area contributed by atoms with Crippen LogP contribution < -0.4 is 20.5 Å². The first-order valence-electron chi connectivity index (χ1n) is 6.39. The average molecular weight is 263 g/mol. The summed E-state index contributed by atoms with van der Waals surface area (Å²) in [4.78, 5) is 13.4. The highest BCUT2D eigenvalue weighted by atomic mass is 16.6. The molecule has 0 unspecified atom stereocenters. The summed E-state index contributed by atoms with van der Waals surface area (Å²) in [6.45, 7) is 3.69. The predicted octanol–water partition coefficient (Wildman–Crippen LogP) is -0.0282. The summed E-state index contributed by atoms with van der Waals surface area (Å²) >= 11 is 0. The molecule has 0 aromatic heterocycles. The smallest absolute Gasteiger partial charge is 0.234 e. The molecule has 0 spiro atoms. The predicted molar refractivity (Wildman–Crippen MR) is 70.1 cm³/mol. The van der Waals surface area contributed by atoms with Gasteiger partial charge in [-0.05, 0) is 11.6 Å². The van der Waals surface area contributed by atoms with E-state index < -0.39 is 0 Å². The number of rotatable bonds is 2. The second kappa shape index (κ2) is 4.97. The minimum Gasteiger partial charge on any atom is -0.486 e. The zero-order chi connectivity index (χ0) is 13.2. The molecule has 1 amide bonds. The molecule has 102 valence electrons. The molecule has 2 aliphatic heterocycles. The number of nitrogens with one attached hydrogen (secondary N) is 1. The van der Waals surface area contributed by atoms with Crippen molar-refractivity contribution >= 4 is 11.6 Å². The number of carbonyl (C=O) groups is 1. The number of hydrogen-bond donors (Lipinski definition) is 2. The Morgan fingerprint density at radius 3 is 2.74 bits per heavy atom. The molecule has 3 N–H and O–H groups in total. The maximum absolute atomic E-state index is 11.4. The van der Waals surface area contributed by atoms with Gasteiger partial charge in [0.05, 0.1) is 6.54 Å². The van der Waals surface area contributed by atoms with E-state index in [9.17, 15) is 4.79 Å². The van der Waals surface area contributed by atoms with Gasteiger partial charge in [0.2, 0.25) is 5.91 Å². The van der Waals surface area contributed by atoms with E-state index in [0.29, 0.717) is 44.3 Å².